The van der Waals surface area contributed by atoms with Crippen LogP contribution in [0.15, 0.2) is 48.5 Å². The zero-order chi connectivity index (χ0) is 29.5. The molecule has 43 heavy (non-hydrogen) atoms. The molecule has 11 rings (SSSR count). The molecule has 6 unspecified atom stereocenters. The van der Waals surface area contributed by atoms with E-state index in [9.17, 15) is 9.59 Å². The molecule has 2 aromatic rings. The maximum absolute atomic E-state index is 12.6. The van der Waals surface area contributed by atoms with E-state index in [0.717, 1.165) is 62.2 Å². The summed E-state index contributed by atoms with van der Waals surface area (Å²) in [6, 6.07) is 17.2. The summed E-state index contributed by atoms with van der Waals surface area (Å²) >= 11 is 0. The molecule has 0 amide bonds. The van der Waals surface area contributed by atoms with Crippen molar-refractivity contribution in [2.75, 3.05) is 13.2 Å². The van der Waals surface area contributed by atoms with E-state index < -0.39 is 0 Å². The van der Waals surface area contributed by atoms with Crippen LogP contribution in [0, 0.1) is 34.5 Å². The van der Waals surface area contributed by atoms with Crippen molar-refractivity contribution in [3.05, 3.63) is 70.8 Å². The number of carbonyl (C=O) groups excluding carboxylic acids is 2. The number of hydrogen-bond donors (Lipinski definition) is 0. The molecule has 8 bridgehead atoms. The van der Waals surface area contributed by atoms with Crippen LogP contribution in [0.4, 0.5) is 0 Å². The molecule has 2 spiro atoms. The molecule has 2 aromatic carbocycles. The van der Waals surface area contributed by atoms with Gasteiger partial charge < -0.3 is 9.47 Å². The van der Waals surface area contributed by atoms with Crippen LogP contribution < -0.4 is 0 Å². The van der Waals surface area contributed by atoms with E-state index in [1.165, 1.54) is 56.1 Å². The van der Waals surface area contributed by atoms with Gasteiger partial charge in [0.15, 0.2) is 0 Å². The topological polar surface area (TPSA) is 52.6 Å². The number of esters is 2. The van der Waals surface area contributed by atoms with Gasteiger partial charge in [-0.1, -0.05) is 63.8 Å². The van der Waals surface area contributed by atoms with Gasteiger partial charge >= 0.3 is 11.9 Å². The van der Waals surface area contributed by atoms with Crippen LogP contribution in [0.3, 0.4) is 0 Å². The van der Waals surface area contributed by atoms with Crippen LogP contribution in [0.5, 0.6) is 0 Å². The maximum Gasteiger partial charge on any atom is 0.338 e. The fourth-order valence-electron chi connectivity index (χ4n) is 12.4. The zero-order valence-corrected chi connectivity index (χ0v) is 26.2. The predicted octanol–water partition coefficient (Wildman–Crippen LogP) is 8.81. The minimum atomic E-state index is -0.176. The maximum atomic E-state index is 12.6. The number of rotatable bonds is 12. The number of unbranched alkanes of at least 4 members (excludes halogenated alkanes) is 4. The first-order valence-corrected chi connectivity index (χ1v) is 17.4. The SMILES string of the molecule is CCCCCOC(=O)c1ccc(C23CC4C56CC7(c8ccc(C(=O)OCCCCC)cc8)CC([C@H]5C2)[C@H](C3)C4(C7)C6)cc1. The minimum Gasteiger partial charge on any atom is -0.462 e. The van der Waals surface area contributed by atoms with E-state index in [1.54, 1.807) is 0 Å². The average molecular weight is 581 g/mol. The van der Waals surface area contributed by atoms with Crippen molar-refractivity contribution in [1.29, 1.82) is 0 Å². The molecule has 9 aliphatic carbocycles. The Bertz CT molecular complexity index is 1360. The Hall–Kier alpha value is -2.62. The standard InChI is InChI=1S/C39H48O4/c1-3-5-7-17-42-34(40)26-9-13-28(14-10-26)36-20-31-30-19-37(23-38(31)25-39(24-37,32(30)21-36)33(38)22-36)29-15-11-27(12-16-29)35(41)43-18-8-6-4-2/h9-16,30-33H,3-8,17-25H2,1-2H3/t30?,31-,32+,33?,36?,37?,38?,39?. The highest BCUT2D eigenvalue weighted by Crippen LogP contribution is 2.93. The summed E-state index contributed by atoms with van der Waals surface area (Å²) in [5.41, 5.74) is 6.00. The van der Waals surface area contributed by atoms with Gasteiger partial charge in [-0.3, -0.25) is 0 Å². The summed E-state index contributed by atoms with van der Waals surface area (Å²) in [6.45, 7) is 5.37. The van der Waals surface area contributed by atoms with Crippen molar-refractivity contribution in [3.8, 4) is 0 Å². The molecule has 0 heterocycles. The molecule has 9 fully saturated rings. The molecule has 8 atom stereocenters. The van der Waals surface area contributed by atoms with Crippen molar-refractivity contribution >= 4 is 11.9 Å². The van der Waals surface area contributed by atoms with Gasteiger partial charge in [-0.25, -0.2) is 9.59 Å². The van der Waals surface area contributed by atoms with Crippen molar-refractivity contribution in [1.82, 2.24) is 0 Å². The monoisotopic (exact) mass is 580 g/mol. The van der Waals surface area contributed by atoms with Crippen molar-refractivity contribution in [2.45, 2.75) is 108 Å². The van der Waals surface area contributed by atoms with Gasteiger partial charge in [-0.15, -0.1) is 0 Å². The molecule has 0 radical (unpaired) electrons. The smallest absolute Gasteiger partial charge is 0.338 e. The Morgan fingerprint density at radius 2 is 1.12 bits per heavy atom. The van der Waals surface area contributed by atoms with E-state index >= 15 is 0 Å². The van der Waals surface area contributed by atoms with E-state index in [4.69, 9.17) is 9.47 Å². The predicted molar refractivity (Wildman–Crippen MR) is 167 cm³/mol. The number of benzene rings is 2. The van der Waals surface area contributed by atoms with Crippen LogP contribution in [0.2, 0.25) is 0 Å². The Labute approximate surface area is 257 Å². The molecule has 9 aliphatic rings. The highest BCUT2D eigenvalue weighted by atomic mass is 16.5. The van der Waals surface area contributed by atoms with E-state index in [2.05, 4.69) is 38.1 Å². The third kappa shape index (κ3) is 3.86. The summed E-state index contributed by atoms with van der Waals surface area (Å²) < 4.78 is 11.1. The summed E-state index contributed by atoms with van der Waals surface area (Å²) in [4.78, 5) is 25.2. The summed E-state index contributed by atoms with van der Waals surface area (Å²) in [6.07, 6.45) is 15.9. The molecule has 0 N–H and O–H groups in total. The molecule has 4 nitrogen and oxygen atoms in total. The Balaban J connectivity index is 0.987. The number of ether oxygens (including phenoxy) is 2. The van der Waals surface area contributed by atoms with Crippen LogP contribution in [-0.2, 0) is 20.3 Å². The second-order valence-electron chi connectivity index (χ2n) is 15.6. The molecule has 0 saturated heterocycles. The lowest BCUT2D eigenvalue weighted by Gasteiger charge is -2.91. The molecule has 4 heteroatoms. The van der Waals surface area contributed by atoms with E-state index in [1.807, 2.05) is 24.3 Å². The van der Waals surface area contributed by atoms with E-state index in [-0.39, 0.29) is 11.9 Å². The third-order valence-electron chi connectivity index (χ3n) is 13.8. The molecule has 228 valence electrons. The fraction of sp³-hybridized carbons (Fsp3) is 0.641. The lowest BCUT2D eigenvalue weighted by Crippen LogP contribution is -2.85. The first kappa shape index (κ1) is 27.9. The quantitative estimate of drug-likeness (QED) is 0.186. The highest BCUT2D eigenvalue weighted by molar-refractivity contribution is 5.90. The van der Waals surface area contributed by atoms with Gasteiger partial charge in [-0.05, 0) is 139 Å². The van der Waals surface area contributed by atoms with Crippen LogP contribution in [0.1, 0.15) is 129 Å². The van der Waals surface area contributed by atoms with Gasteiger partial charge in [0.05, 0.1) is 24.3 Å². The van der Waals surface area contributed by atoms with Crippen molar-refractivity contribution < 1.29 is 19.1 Å². The molecular weight excluding hydrogens is 532 g/mol. The highest BCUT2D eigenvalue weighted by Gasteiger charge is 2.86. The third-order valence-corrected chi connectivity index (χ3v) is 13.8. The second-order valence-corrected chi connectivity index (χ2v) is 15.6. The van der Waals surface area contributed by atoms with Gasteiger partial charge in [0.25, 0.3) is 0 Å². The van der Waals surface area contributed by atoms with E-state index in [0.29, 0.717) is 46.0 Å². The Morgan fingerprint density at radius 3 is 1.60 bits per heavy atom. The van der Waals surface area contributed by atoms with Crippen LogP contribution >= 0.6 is 0 Å². The number of carbonyl (C=O) groups is 2. The van der Waals surface area contributed by atoms with Gasteiger partial charge in [-0.2, -0.15) is 0 Å². The van der Waals surface area contributed by atoms with Gasteiger partial charge in [0, 0.05) is 0 Å². The first-order valence-electron chi connectivity index (χ1n) is 17.4. The first-order chi connectivity index (χ1) is 20.9. The van der Waals surface area contributed by atoms with Crippen molar-refractivity contribution in [3.63, 3.8) is 0 Å². The summed E-state index contributed by atoms with van der Waals surface area (Å²) in [7, 11) is 0. The molecule has 0 aromatic heterocycles. The largest absolute Gasteiger partial charge is 0.462 e. The van der Waals surface area contributed by atoms with Gasteiger partial charge in [0.1, 0.15) is 0 Å². The second kappa shape index (κ2) is 9.94. The summed E-state index contributed by atoms with van der Waals surface area (Å²) in [5, 5.41) is 0. The Morgan fingerprint density at radius 1 is 0.628 bits per heavy atom. The lowest BCUT2D eigenvalue weighted by atomic mass is 9.13. The normalized spacial score (nSPS) is 38.7. The molecule has 0 aliphatic heterocycles. The molecule has 9 saturated carbocycles. The van der Waals surface area contributed by atoms with Crippen LogP contribution in [-0.4, -0.2) is 25.2 Å². The minimum absolute atomic E-state index is 0.176. The zero-order valence-electron chi connectivity index (χ0n) is 26.2. The fourth-order valence-corrected chi connectivity index (χ4v) is 12.4. The Kier molecular flexibility index (Phi) is 6.45. The summed E-state index contributed by atoms with van der Waals surface area (Å²) in [5.74, 6) is 3.06. The van der Waals surface area contributed by atoms with Crippen molar-refractivity contribution in [2.24, 2.45) is 34.5 Å². The number of hydrogen-bond acceptors (Lipinski definition) is 4. The van der Waals surface area contributed by atoms with Crippen LogP contribution in [0.25, 0.3) is 0 Å². The van der Waals surface area contributed by atoms with Gasteiger partial charge in [0.2, 0.25) is 0 Å². The lowest BCUT2D eigenvalue weighted by molar-refractivity contribution is -0.398. The average Bonchev–Trinajstić information content (AvgIpc) is 3.03. The molecular formula is C39H48O4.